The highest BCUT2D eigenvalue weighted by Gasteiger charge is 2.31. The van der Waals surface area contributed by atoms with Crippen molar-refractivity contribution in [3.05, 3.63) is 90.3 Å². The molecule has 0 fully saturated rings. The summed E-state index contributed by atoms with van der Waals surface area (Å²) in [6, 6.07) is 10.4. The third kappa shape index (κ3) is 7.53. The van der Waals surface area contributed by atoms with E-state index in [1.165, 1.54) is 6.33 Å². The Labute approximate surface area is 263 Å². The molecule has 5 rings (SSSR count). The monoisotopic (exact) mass is 630 g/mol. The van der Waals surface area contributed by atoms with Crippen molar-refractivity contribution in [3.8, 4) is 0 Å². The Balaban J connectivity index is 1.30. The maximum atomic E-state index is 13.6. The van der Waals surface area contributed by atoms with Gasteiger partial charge in [-0.15, -0.1) is 0 Å². The molecule has 4 atom stereocenters. The van der Waals surface area contributed by atoms with Crippen LogP contribution in [0.5, 0.6) is 0 Å². The second kappa shape index (κ2) is 14.1. The summed E-state index contributed by atoms with van der Waals surface area (Å²) in [4.78, 5) is 65.2. The lowest BCUT2D eigenvalue weighted by molar-refractivity contribution is -0.142. The number of amides is 3. The number of carbonyl (C=O) groups excluding carboxylic acids is 3. The molecule has 5 aromatic rings. The molecule has 4 unspecified atom stereocenters. The second-order valence-corrected chi connectivity index (χ2v) is 11.1. The summed E-state index contributed by atoms with van der Waals surface area (Å²) in [5.41, 5.74) is 9.98. The minimum absolute atomic E-state index is 0.0196. The van der Waals surface area contributed by atoms with Crippen LogP contribution in [-0.2, 0) is 38.4 Å². The van der Waals surface area contributed by atoms with Crippen LogP contribution in [0.4, 0.5) is 0 Å². The number of imidazole rings is 1. The summed E-state index contributed by atoms with van der Waals surface area (Å²) in [6.07, 6.45) is 6.78. The standard InChI is InChI=1S/C31H34N8O5S/c32-22(11-19-14-33-16-36-19)28(40)37-25(9-17-12-34-23-7-3-1-5-20(17)23)29(41)39-27(15-45)30(42)38-26(31(43)44)10-18-13-35-24-8-4-2-6-21(18)24/h1-8,12-14,16,22,25-27,34-35,45H,9-11,15,32H2,(H,33,36)(H,37,40)(H,38,42)(H,39,41)(H,43,44). The number of H-pyrrole nitrogens is 3. The molecule has 234 valence electrons. The number of hydrogen-bond acceptors (Lipinski definition) is 7. The summed E-state index contributed by atoms with van der Waals surface area (Å²) in [5, 5.41) is 19.5. The molecule has 2 aromatic carbocycles. The lowest BCUT2D eigenvalue weighted by Gasteiger charge is -2.24. The third-order valence-corrected chi connectivity index (χ3v) is 7.96. The van der Waals surface area contributed by atoms with Crippen LogP contribution in [0, 0.1) is 0 Å². The van der Waals surface area contributed by atoms with E-state index < -0.39 is 47.9 Å². The highest BCUT2D eigenvalue weighted by molar-refractivity contribution is 7.80. The van der Waals surface area contributed by atoms with Crippen molar-refractivity contribution in [1.29, 1.82) is 0 Å². The molecular formula is C31H34N8O5S. The maximum Gasteiger partial charge on any atom is 0.326 e. The topological polar surface area (TPSA) is 211 Å². The van der Waals surface area contributed by atoms with E-state index in [9.17, 15) is 24.3 Å². The minimum atomic E-state index is -1.27. The number of carboxylic acids is 1. The van der Waals surface area contributed by atoms with Gasteiger partial charge in [0.1, 0.15) is 18.1 Å². The van der Waals surface area contributed by atoms with Gasteiger partial charge in [0, 0.05) is 71.1 Å². The summed E-state index contributed by atoms with van der Waals surface area (Å²) in [7, 11) is 0. The van der Waals surface area contributed by atoms with E-state index in [2.05, 4.69) is 48.5 Å². The molecular weight excluding hydrogens is 596 g/mol. The Bertz CT molecular complexity index is 1800. The molecule has 9 N–H and O–H groups in total. The molecule has 0 aliphatic carbocycles. The van der Waals surface area contributed by atoms with Gasteiger partial charge >= 0.3 is 5.97 Å². The van der Waals surface area contributed by atoms with Gasteiger partial charge in [-0.2, -0.15) is 12.6 Å². The first kappa shape index (κ1) is 31.3. The highest BCUT2D eigenvalue weighted by atomic mass is 32.1. The van der Waals surface area contributed by atoms with Crippen molar-refractivity contribution in [1.82, 2.24) is 35.9 Å². The molecule has 0 radical (unpaired) electrons. The van der Waals surface area contributed by atoms with Crippen molar-refractivity contribution in [3.63, 3.8) is 0 Å². The van der Waals surface area contributed by atoms with E-state index in [1.54, 1.807) is 18.6 Å². The molecule has 0 aliphatic heterocycles. The molecule has 3 aromatic heterocycles. The Morgan fingerprint density at radius 3 is 1.84 bits per heavy atom. The Morgan fingerprint density at radius 1 is 0.756 bits per heavy atom. The van der Waals surface area contributed by atoms with Crippen LogP contribution in [0.1, 0.15) is 16.8 Å². The number of aromatic nitrogens is 4. The van der Waals surface area contributed by atoms with Crippen LogP contribution in [0.2, 0.25) is 0 Å². The van der Waals surface area contributed by atoms with E-state index in [0.717, 1.165) is 32.9 Å². The number of thiol groups is 1. The quantitative estimate of drug-likeness (QED) is 0.0818. The van der Waals surface area contributed by atoms with Crippen LogP contribution in [0.15, 0.2) is 73.4 Å². The normalized spacial score (nSPS) is 14.0. The van der Waals surface area contributed by atoms with Crippen LogP contribution in [0.25, 0.3) is 21.8 Å². The first-order valence-corrected chi connectivity index (χ1v) is 14.9. The van der Waals surface area contributed by atoms with Crippen LogP contribution in [-0.4, -0.2) is 78.7 Å². The second-order valence-electron chi connectivity index (χ2n) is 10.7. The zero-order chi connectivity index (χ0) is 31.9. The van der Waals surface area contributed by atoms with Crippen molar-refractivity contribution in [2.24, 2.45) is 5.73 Å². The van der Waals surface area contributed by atoms with Crippen LogP contribution >= 0.6 is 12.6 Å². The zero-order valence-corrected chi connectivity index (χ0v) is 25.0. The molecule has 0 saturated heterocycles. The first-order chi connectivity index (χ1) is 21.7. The van der Waals surface area contributed by atoms with E-state index in [4.69, 9.17) is 5.73 Å². The van der Waals surface area contributed by atoms with E-state index >= 15 is 0 Å². The fourth-order valence-electron chi connectivity index (χ4n) is 5.19. The molecule has 0 spiro atoms. The zero-order valence-electron chi connectivity index (χ0n) is 24.1. The number of nitrogens with one attached hydrogen (secondary N) is 6. The predicted octanol–water partition coefficient (Wildman–Crippen LogP) is 1.20. The fraction of sp³-hybridized carbons (Fsp3) is 0.258. The van der Waals surface area contributed by atoms with Gasteiger partial charge in [-0.05, 0) is 23.3 Å². The molecule has 45 heavy (non-hydrogen) atoms. The van der Waals surface area contributed by atoms with E-state index in [0.29, 0.717) is 5.69 Å². The van der Waals surface area contributed by atoms with Gasteiger partial charge in [0.05, 0.1) is 12.4 Å². The van der Waals surface area contributed by atoms with Crippen molar-refractivity contribution >= 4 is 58.1 Å². The summed E-state index contributed by atoms with van der Waals surface area (Å²) >= 11 is 4.25. The Morgan fingerprint density at radius 2 is 1.29 bits per heavy atom. The molecule has 0 saturated carbocycles. The number of carbonyl (C=O) groups is 4. The smallest absolute Gasteiger partial charge is 0.326 e. The van der Waals surface area contributed by atoms with Crippen molar-refractivity contribution in [2.45, 2.75) is 43.4 Å². The molecule has 3 amide bonds. The van der Waals surface area contributed by atoms with E-state index in [-0.39, 0.29) is 25.0 Å². The molecule has 3 heterocycles. The number of hydrogen-bond donors (Lipinski definition) is 9. The van der Waals surface area contributed by atoms with Crippen molar-refractivity contribution in [2.75, 3.05) is 5.75 Å². The lowest BCUT2D eigenvalue weighted by atomic mass is 10.0. The minimum Gasteiger partial charge on any atom is -0.480 e. The van der Waals surface area contributed by atoms with Gasteiger partial charge in [-0.3, -0.25) is 14.4 Å². The Hall–Kier alpha value is -5.08. The van der Waals surface area contributed by atoms with Crippen molar-refractivity contribution < 1.29 is 24.3 Å². The summed E-state index contributed by atoms with van der Waals surface area (Å²) in [6.45, 7) is 0. The average molecular weight is 631 g/mol. The summed E-state index contributed by atoms with van der Waals surface area (Å²) in [5.74, 6) is -3.29. The number of fused-ring (bicyclic) bond motifs is 2. The maximum absolute atomic E-state index is 13.6. The largest absolute Gasteiger partial charge is 0.480 e. The molecule has 14 heteroatoms. The number of aromatic amines is 3. The highest BCUT2D eigenvalue weighted by Crippen LogP contribution is 2.20. The van der Waals surface area contributed by atoms with Gasteiger partial charge in [0.25, 0.3) is 0 Å². The number of rotatable bonds is 14. The first-order valence-electron chi connectivity index (χ1n) is 14.3. The van der Waals surface area contributed by atoms with Crippen LogP contribution in [0.3, 0.4) is 0 Å². The number of benzene rings is 2. The molecule has 13 nitrogen and oxygen atoms in total. The van der Waals surface area contributed by atoms with E-state index in [1.807, 2.05) is 48.5 Å². The summed E-state index contributed by atoms with van der Waals surface area (Å²) < 4.78 is 0. The Kier molecular flexibility index (Phi) is 9.85. The van der Waals surface area contributed by atoms with Gasteiger partial charge in [0.15, 0.2) is 0 Å². The number of para-hydroxylation sites is 2. The average Bonchev–Trinajstić information content (AvgIpc) is 3.80. The van der Waals surface area contributed by atoms with Gasteiger partial charge in [0.2, 0.25) is 17.7 Å². The lowest BCUT2D eigenvalue weighted by Crippen LogP contribution is -2.58. The fourth-order valence-corrected chi connectivity index (χ4v) is 5.45. The van der Waals surface area contributed by atoms with Crippen LogP contribution < -0.4 is 21.7 Å². The molecule has 0 bridgehead atoms. The SMILES string of the molecule is NC(Cc1cnc[nH]1)C(=O)NC(Cc1c[nH]c2ccccc12)C(=O)NC(CS)C(=O)NC(Cc1c[nH]c2ccccc12)C(=O)O. The van der Waals surface area contributed by atoms with Gasteiger partial charge in [-0.1, -0.05) is 36.4 Å². The number of aliphatic carboxylic acids is 1. The number of nitrogens with zero attached hydrogens (tertiary/aromatic N) is 1. The third-order valence-electron chi connectivity index (χ3n) is 7.59. The predicted molar refractivity (Wildman–Crippen MR) is 172 cm³/mol. The molecule has 0 aliphatic rings. The number of nitrogens with two attached hydrogens (primary N) is 1. The van der Waals surface area contributed by atoms with Gasteiger partial charge in [-0.25, -0.2) is 9.78 Å². The van der Waals surface area contributed by atoms with Gasteiger partial charge < -0.3 is 41.7 Å². The number of carboxylic acid groups (broad SMARTS) is 1.